The molecule has 3 aliphatic rings. The van der Waals surface area contributed by atoms with E-state index in [2.05, 4.69) is 24.3 Å². The monoisotopic (exact) mass is 363 g/mol. The van der Waals surface area contributed by atoms with Gasteiger partial charge in [-0.1, -0.05) is 48.5 Å². The fourth-order valence-corrected chi connectivity index (χ4v) is 4.95. The molecule has 5 nitrogen and oxygen atoms in total. The SMILES string of the molecule is O=C(O)C1CC2(CCN2C(=O)OCC2c3ccccc3-c3ccccc32)C1. The molecule has 138 valence electrons. The van der Waals surface area contributed by atoms with Crippen molar-refractivity contribution in [1.29, 1.82) is 0 Å². The van der Waals surface area contributed by atoms with Gasteiger partial charge in [0.15, 0.2) is 0 Å². The van der Waals surface area contributed by atoms with Crippen molar-refractivity contribution in [2.75, 3.05) is 13.2 Å². The van der Waals surface area contributed by atoms with Crippen LogP contribution in [0.15, 0.2) is 48.5 Å². The quantitative estimate of drug-likeness (QED) is 0.899. The first-order valence-electron chi connectivity index (χ1n) is 9.44. The lowest BCUT2D eigenvalue weighted by molar-refractivity contribution is -0.158. The molecule has 1 saturated heterocycles. The molecule has 5 heteroatoms. The topological polar surface area (TPSA) is 66.8 Å². The first-order chi connectivity index (χ1) is 13.1. The molecule has 0 radical (unpaired) electrons. The Morgan fingerprint density at radius 1 is 1.04 bits per heavy atom. The van der Waals surface area contributed by atoms with Crippen LogP contribution < -0.4 is 0 Å². The van der Waals surface area contributed by atoms with Gasteiger partial charge in [-0.15, -0.1) is 0 Å². The van der Waals surface area contributed by atoms with E-state index in [4.69, 9.17) is 9.84 Å². The van der Waals surface area contributed by atoms with Crippen molar-refractivity contribution in [3.05, 3.63) is 59.7 Å². The molecule has 1 aliphatic heterocycles. The summed E-state index contributed by atoms with van der Waals surface area (Å²) in [6.07, 6.45) is 1.66. The molecule has 1 spiro atoms. The maximum absolute atomic E-state index is 12.6. The van der Waals surface area contributed by atoms with Gasteiger partial charge in [-0.2, -0.15) is 0 Å². The van der Waals surface area contributed by atoms with Crippen molar-refractivity contribution in [3.8, 4) is 11.1 Å². The summed E-state index contributed by atoms with van der Waals surface area (Å²) in [5.41, 5.74) is 4.53. The van der Waals surface area contributed by atoms with Gasteiger partial charge in [0, 0.05) is 18.0 Å². The molecule has 1 saturated carbocycles. The fraction of sp³-hybridized carbons (Fsp3) is 0.364. The number of carbonyl (C=O) groups is 2. The van der Waals surface area contributed by atoms with Crippen LogP contribution in [-0.4, -0.2) is 40.8 Å². The van der Waals surface area contributed by atoms with E-state index in [1.807, 2.05) is 24.3 Å². The minimum absolute atomic E-state index is 0.0479. The lowest BCUT2D eigenvalue weighted by atomic mass is 9.61. The number of hydrogen-bond donors (Lipinski definition) is 1. The summed E-state index contributed by atoms with van der Waals surface area (Å²) in [7, 11) is 0. The third-order valence-corrected chi connectivity index (χ3v) is 6.53. The van der Waals surface area contributed by atoms with Crippen LogP contribution in [0.1, 0.15) is 36.3 Å². The predicted molar refractivity (Wildman–Crippen MR) is 99.5 cm³/mol. The molecule has 2 aliphatic carbocycles. The first-order valence-corrected chi connectivity index (χ1v) is 9.44. The molecule has 2 aromatic carbocycles. The van der Waals surface area contributed by atoms with Crippen LogP contribution in [0.3, 0.4) is 0 Å². The van der Waals surface area contributed by atoms with Crippen molar-refractivity contribution >= 4 is 12.1 Å². The highest BCUT2D eigenvalue weighted by Crippen LogP contribution is 2.51. The van der Waals surface area contributed by atoms with E-state index < -0.39 is 5.97 Å². The van der Waals surface area contributed by atoms with Crippen LogP contribution in [-0.2, 0) is 9.53 Å². The molecular formula is C22H21NO4. The third kappa shape index (κ3) is 2.37. The number of likely N-dealkylation sites (tertiary alicyclic amines) is 1. The number of amides is 1. The van der Waals surface area contributed by atoms with E-state index in [9.17, 15) is 9.59 Å². The Labute approximate surface area is 157 Å². The lowest BCUT2D eigenvalue weighted by Gasteiger charge is -2.59. The third-order valence-electron chi connectivity index (χ3n) is 6.53. The number of benzene rings is 2. The van der Waals surface area contributed by atoms with Crippen molar-refractivity contribution in [1.82, 2.24) is 4.90 Å². The maximum Gasteiger partial charge on any atom is 0.410 e. The van der Waals surface area contributed by atoms with Crippen molar-refractivity contribution in [2.45, 2.75) is 30.7 Å². The van der Waals surface area contributed by atoms with E-state index in [1.165, 1.54) is 22.3 Å². The van der Waals surface area contributed by atoms with Gasteiger partial charge in [-0.25, -0.2) is 4.79 Å². The molecule has 27 heavy (non-hydrogen) atoms. The number of rotatable bonds is 3. The van der Waals surface area contributed by atoms with Gasteiger partial charge < -0.3 is 14.7 Å². The highest BCUT2D eigenvalue weighted by atomic mass is 16.6. The fourth-order valence-electron chi connectivity index (χ4n) is 4.95. The molecule has 2 fully saturated rings. The molecule has 0 atom stereocenters. The standard InChI is InChI=1S/C22H21NO4/c24-20(25)14-11-22(12-14)9-10-23(22)21(26)27-13-19-17-7-3-1-5-15(17)16-6-2-4-8-18(16)19/h1-8,14,19H,9-13H2,(H,24,25). The van der Waals surface area contributed by atoms with E-state index in [0.29, 0.717) is 26.0 Å². The number of carbonyl (C=O) groups excluding carboxylic acids is 1. The second kappa shape index (κ2) is 5.84. The van der Waals surface area contributed by atoms with Gasteiger partial charge in [-0.05, 0) is 41.5 Å². The van der Waals surface area contributed by atoms with Crippen LogP contribution >= 0.6 is 0 Å². The number of carboxylic acids is 1. The van der Waals surface area contributed by atoms with E-state index >= 15 is 0 Å². The molecule has 1 amide bonds. The molecule has 0 unspecified atom stereocenters. The van der Waals surface area contributed by atoms with Gasteiger partial charge >= 0.3 is 12.1 Å². The van der Waals surface area contributed by atoms with Gasteiger partial charge in [0.25, 0.3) is 0 Å². The van der Waals surface area contributed by atoms with Crippen LogP contribution in [0.2, 0.25) is 0 Å². The van der Waals surface area contributed by atoms with Crippen molar-refractivity contribution in [2.24, 2.45) is 5.92 Å². The average molecular weight is 363 g/mol. The summed E-state index contributed by atoms with van der Waals surface area (Å²) in [5.74, 6) is -1.04. The van der Waals surface area contributed by atoms with Crippen LogP contribution in [0, 0.1) is 5.92 Å². The Morgan fingerprint density at radius 2 is 1.63 bits per heavy atom. The average Bonchev–Trinajstić information content (AvgIpc) is 2.92. The second-order valence-corrected chi connectivity index (χ2v) is 7.87. The zero-order chi connectivity index (χ0) is 18.6. The Morgan fingerprint density at radius 3 is 2.15 bits per heavy atom. The Hall–Kier alpha value is -2.82. The summed E-state index contributed by atoms with van der Waals surface area (Å²) in [5, 5.41) is 9.11. The maximum atomic E-state index is 12.6. The summed E-state index contributed by atoms with van der Waals surface area (Å²) < 4.78 is 5.71. The molecule has 2 aromatic rings. The Kier molecular flexibility index (Phi) is 3.54. The highest BCUT2D eigenvalue weighted by molar-refractivity contribution is 5.79. The lowest BCUT2D eigenvalue weighted by Crippen LogP contribution is -2.69. The minimum atomic E-state index is -0.764. The number of fused-ring (bicyclic) bond motifs is 3. The van der Waals surface area contributed by atoms with E-state index in [0.717, 1.165) is 6.42 Å². The highest BCUT2D eigenvalue weighted by Gasteiger charge is 2.58. The molecular weight excluding hydrogens is 342 g/mol. The Bertz CT molecular complexity index is 886. The van der Waals surface area contributed by atoms with Crippen LogP contribution in [0.5, 0.6) is 0 Å². The van der Waals surface area contributed by atoms with E-state index in [1.54, 1.807) is 4.90 Å². The van der Waals surface area contributed by atoms with Gasteiger partial charge in [0.1, 0.15) is 6.61 Å². The largest absolute Gasteiger partial charge is 0.481 e. The number of ether oxygens (including phenoxy) is 1. The van der Waals surface area contributed by atoms with Crippen molar-refractivity contribution < 1.29 is 19.4 Å². The van der Waals surface area contributed by atoms with Gasteiger partial charge in [0.05, 0.1) is 5.92 Å². The van der Waals surface area contributed by atoms with Crippen molar-refractivity contribution in [3.63, 3.8) is 0 Å². The smallest absolute Gasteiger partial charge is 0.410 e. The Balaban J connectivity index is 1.30. The number of nitrogens with zero attached hydrogens (tertiary/aromatic N) is 1. The second-order valence-electron chi connectivity index (χ2n) is 7.87. The van der Waals surface area contributed by atoms with Crippen LogP contribution in [0.4, 0.5) is 4.79 Å². The molecule has 1 heterocycles. The summed E-state index contributed by atoms with van der Waals surface area (Å²) in [4.78, 5) is 25.5. The van der Waals surface area contributed by atoms with Crippen LogP contribution in [0.25, 0.3) is 11.1 Å². The van der Waals surface area contributed by atoms with Gasteiger partial charge in [0.2, 0.25) is 0 Å². The van der Waals surface area contributed by atoms with E-state index in [-0.39, 0.29) is 23.5 Å². The summed E-state index contributed by atoms with van der Waals surface area (Å²) in [6, 6.07) is 16.5. The zero-order valence-electron chi connectivity index (χ0n) is 14.9. The summed E-state index contributed by atoms with van der Waals surface area (Å²) in [6.45, 7) is 0.963. The first kappa shape index (κ1) is 16.4. The van der Waals surface area contributed by atoms with Gasteiger partial charge in [-0.3, -0.25) is 4.79 Å². The molecule has 1 N–H and O–H groups in total. The normalized spacial score (nSPS) is 25.3. The zero-order valence-corrected chi connectivity index (χ0v) is 14.9. The molecule has 5 rings (SSSR count). The molecule has 0 aromatic heterocycles. The predicted octanol–water partition coefficient (Wildman–Crippen LogP) is 3.87. The minimum Gasteiger partial charge on any atom is -0.481 e. The number of hydrogen-bond acceptors (Lipinski definition) is 3. The summed E-state index contributed by atoms with van der Waals surface area (Å²) >= 11 is 0. The number of aliphatic carboxylic acids is 1. The molecule has 0 bridgehead atoms. The number of carboxylic acid groups (broad SMARTS) is 1.